The molecular weight excluding hydrogens is 462 g/mol. The van der Waals surface area contributed by atoms with Crippen molar-refractivity contribution in [3.63, 3.8) is 0 Å². The molecular formula is C27H25N3O4S. The van der Waals surface area contributed by atoms with Gasteiger partial charge in [0.25, 0.3) is 5.91 Å². The maximum absolute atomic E-state index is 13.3. The highest BCUT2D eigenvalue weighted by Crippen LogP contribution is 2.32. The molecule has 35 heavy (non-hydrogen) atoms. The van der Waals surface area contributed by atoms with Gasteiger partial charge in [-0.15, -0.1) is 0 Å². The van der Waals surface area contributed by atoms with E-state index < -0.39 is 9.84 Å². The average Bonchev–Trinajstić information content (AvgIpc) is 3.33. The lowest BCUT2D eigenvalue weighted by Crippen LogP contribution is -2.23. The van der Waals surface area contributed by atoms with Crippen molar-refractivity contribution in [1.29, 1.82) is 0 Å². The van der Waals surface area contributed by atoms with E-state index >= 15 is 0 Å². The Balaban J connectivity index is 1.29. The van der Waals surface area contributed by atoms with Gasteiger partial charge in [-0.05, 0) is 53.6 Å². The third-order valence-electron chi connectivity index (χ3n) is 5.90. The van der Waals surface area contributed by atoms with Gasteiger partial charge in [-0.1, -0.05) is 42.5 Å². The third-order valence-corrected chi connectivity index (χ3v) is 7.71. The zero-order valence-corrected chi connectivity index (χ0v) is 19.8. The lowest BCUT2D eigenvalue weighted by molar-refractivity contribution is 0.0946. The van der Waals surface area contributed by atoms with Gasteiger partial charge in [0.2, 0.25) is 9.84 Å². The summed E-state index contributed by atoms with van der Waals surface area (Å²) in [5.41, 5.74) is 3.55. The highest BCUT2D eigenvalue weighted by molar-refractivity contribution is 7.91. The Bertz CT molecular complexity index is 1420. The number of benzene rings is 3. The van der Waals surface area contributed by atoms with Gasteiger partial charge in [0, 0.05) is 31.7 Å². The first-order valence-electron chi connectivity index (χ1n) is 11.4. The zero-order valence-electron chi connectivity index (χ0n) is 19.0. The number of nitrogens with one attached hydrogen (secondary N) is 3. The largest absolute Gasteiger partial charge is 0.456 e. The Labute approximate surface area is 204 Å². The number of fused-ring (bicyclic) bond motifs is 1. The Kier molecular flexibility index (Phi) is 6.39. The summed E-state index contributed by atoms with van der Waals surface area (Å²) in [6, 6.07) is 24.0. The van der Waals surface area contributed by atoms with Crippen LogP contribution in [0.25, 0.3) is 0 Å². The van der Waals surface area contributed by atoms with Crippen molar-refractivity contribution in [2.24, 2.45) is 0 Å². The highest BCUT2D eigenvalue weighted by atomic mass is 32.2. The molecule has 0 aliphatic carbocycles. The summed E-state index contributed by atoms with van der Waals surface area (Å²) in [6.07, 6.45) is 0.873. The molecule has 0 saturated heterocycles. The van der Waals surface area contributed by atoms with Crippen LogP contribution in [-0.4, -0.2) is 25.9 Å². The monoisotopic (exact) mass is 487 g/mol. The molecule has 7 nitrogen and oxygen atoms in total. The summed E-state index contributed by atoms with van der Waals surface area (Å²) in [5, 5.41) is 6.18. The molecule has 8 heteroatoms. The average molecular weight is 488 g/mol. The molecule has 2 heterocycles. The van der Waals surface area contributed by atoms with Crippen molar-refractivity contribution in [2.75, 3.05) is 6.54 Å². The van der Waals surface area contributed by atoms with Crippen LogP contribution in [0.15, 0.2) is 94.7 Å². The molecule has 0 bridgehead atoms. The Morgan fingerprint density at radius 3 is 2.46 bits per heavy atom. The first kappa shape index (κ1) is 22.9. The number of hydrogen-bond acceptors (Lipinski definition) is 5. The van der Waals surface area contributed by atoms with E-state index in [1.807, 2.05) is 24.3 Å². The Morgan fingerprint density at radius 1 is 0.943 bits per heavy atom. The maximum atomic E-state index is 13.3. The minimum Gasteiger partial charge on any atom is -0.456 e. The van der Waals surface area contributed by atoms with Crippen LogP contribution in [0.4, 0.5) is 0 Å². The van der Waals surface area contributed by atoms with Gasteiger partial charge in [-0.25, -0.2) is 8.42 Å². The van der Waals surface area contributed by atoms with E-state index in [0.717, 1.165) is 36.3 Å². The smallest absolute Gasteiger partial charge is 0.267 e. The standard InChI is InChI=1S/C27H25N3O4S/c31-27(24-16-20-18-28-15-14-23(20)30-24)29-17-19-10-12-22(13-11-19)35(32,33)26-9-5-4-8-25(26)34-21-6-2-1-3-7-21/h1-13,16,28,30H,14-15,17-18H2,(H,29,31). The van der Waals surface area contributed by atoms with Crippen LogP contribution in [0.2, 0.25) is 0 Å². The lowest BCUT2D eigenvalue weighted by atomic mass is 10.1. The molecule has 0 saturated carbocycles. The van der Waals surface area contributed by atoms with Crippen LogP contribution in [0, 0.1) is 0 Å². The number of carbonyl (C=O) groups is 1. The van der Waals surface area contributed by atoms with Crippen molar-refractivity contribution in [3.05, 3.63) is 107 Å². The molecule has 178 valence electrons. The van der Waals surface area contributed by atoms with E-state index in [1.165, 1.54) is 6.07 Å². The second-order valence-corrected chi connectivity index (χ2v) is 10.2. The van der Waals surface area contributed by atoms with Gasteiger partial charge in [0.1, 0.15) is 22.1 Å². The van der Waals surface area contributed by atoms with Gasteiger partial charge in [-0.2, -0.15) is 0 Å². The van der Waals surface area contributed by atoms with Gasteiger partial charge in [-0.3, -0.25) is 4.79 Å². The van der Waals surface area contributed by atoms with E-state index in [4.69, 9.17) is 4.74 Å². The number of sulfone groups is 1. The molecule has 0 spiro atoms. The second-order valence-electron chi connectivity index (χ2n) is 8.31. The highest BCUT2D eigenvalue weighted by Gasteiger charge is 2.22. The van der Waals surface area contributed by atoms with Crippen LogP contribution in [0.1, 0.15) is 27.3 Å². The van der Waals surface area contributed by atoms with Crippen LogP contribution < -0.4 is 15.4 Å². The first-order chi connectivity index (χ1) is 17.0. The number of aromatic nitrogens is 1. The van der Waals surface area contributed by atoms with Crippen molar-refractivity contribution in [2.45, 2.75) is 29.3 Å². The number of H-pyrrole nitrogens is 1. The molecule has 0 radical (unpaired) electrons. The topological polar surface area (TPSA) is 100 Å². The summed E-state index contributed by atoms with van der Waals surface area (Å²) in [7, 11) is -3.81. The van der Waals surface area contributed by atoms with Crippen LogP contribution >= 0.6 is 0 Å². The molecule has 1 aliphatic rings. The van der Waals surface area contributed by atoms with Crippen LogP contribution in [-0.2, 0) is 29.3 Å². The number of hydrogen-bond donors (Lipinski definition) is 3. The second kappa shape index (κ2) is 9.77. The van der Waals surface area contributed by atoms with Gasteiger partial charge in [0.15, 0.2) is 0 Å². The van der Waals surface area contributed by atoms with Crippen molar-refractivity contribution >= 4 is 15.7 Å². The number of para-hydroxylation sites is 2. The fourth-order valence-corrected chi connectivity index (χ4v) is 5.42. The number of aromatic amines is 1. The number of carbonyl (C=O) groups excluding carboxylic acids is 1. The predicted molar refractivity (Wildman–Crippen MR) is 132 cm³/mol. The fraction of sp³-hybridized carbons (Fsp3) is 0.148. The molecule has 3 aromatic carbocycles. The van der Waals surface area contributed by atoms with Crippen LogP contribution in [0.3, 0.4) is 0 Å². The zero-order chi connectivity index (χ0) is 24.3. The number of amides is 1. The molecule has 4 aromatic rings. The van der Waals surface area contributed by atoms with Crippen molar-refractivity contribution in [3.8, 4) is 11.5 Å². The minimum atomic E-state index is -3.81. The lowest BCUT2D eigenvalue weighted by Gasteiger charge is -2.12. The summed E-state index contributed by atoms with van der Waals surface area (Å²) in [4.78, 5) is 16.0. The predicted octanol–water partition coefficient (Wildman–Crippen LogP) is 4.22. The first-order valence-corrected chi connectivity index (χ1v) is 12.8. The third kappa shape index (κ3) is 4.99. The van der Waals surface area contributed by atoms with E-state index in [1.54, 1.807) is 54.6 Å². The van der Waals surface area contributed by atoms with Gasteiger partial charge < -0.3 is 20.4 Å². The molecule has 1 aliphatic heterocycles. The summed E-state index contributed by atoms with van der Waals surface area (Å²) >= 11 is 0. The van der Waals surface area contributed by atoms with E-state index in [0.29, 0.717) is 11.4 Å². The molecule has 1 aromatic heterocycles. The maximum Gasteiger partial charge on any atom is 0.267 e. The molecule has 1 amide bonds. The Hall–Kier alpha value is -3.88. The summed E-state index contributed by atoms with van der Waals surface area (Å²) in [6.45, 7) is 1.94. The molecule has 0 atom stereocenters. The molecule has 0 fully saturated rings. The normalized spacial score (nSPS) is 13.1. The van der Waals surface area contributed by atoms with E-state index in [2.05, 4.69) is 15.6 Å². The van der Waals surface area contributed by atoms with E-state index in [-0.39, 0.29) is 28.0 Å². The summed E-state index contributed by atoms with van der Waals surface area (Å²) in [5.74, 6) is 0.627. The van der Waals surface area contributed by atoms with E-state index in [9.17, 15) is 13.2 Å². The SMILES string of the molecule is O=C(NCc1ccc(S(=O)(=O)c2ccccc2Oc2ccccc2)cc1)c1cc2c([nH]1)CCNC2. The number of rotatable bonds is 7. The van der Waals surface area contributed by atoms with Crippen molar-refractivity contribution in [1.82, 2.24) is 15.6 Å². The molecule has 0 unspecified atom stereocenters. The molecule has 3 N–H and O–H groups in total. The summed E-state index contributed by atoms with van der Waals surface area (Å²) < 4.78 is 32.5. The van der Waals surface area contributed by atoms with Gasteiger partial charge >= 0.3 is 0 Å². The molecule has 5 rings (SSSR count). The van der Waals surface area contributed by atoms with Gasteiger partial charge in [0.05, 0.1) is 4.90 Å². The Morgan fingerprint density at radius 2 is 1.69 bits per heavy atom. The fourth-order valence-electron chi connectivity index (χ4n) is 4.04. The minimum absolute atomic E-state index is 0.0927. The van der Waals surface area contributed by atoms with Crippen LogP contribution in [0.5, 0.6) is 11.5 Å². The van der Waals surface area contributed by atoms with Crippen molar-refractivity contribution < 1.29 is 17.9 Å². The number of ether oxygens (including phenoxy) is 1. The quantitative estimate of drug-likeness (QED) is 0.363.